The number of hydrogen-bond donors (Lipinski definition) is 2. The van der Waals surface area contributed by atoms with Gasteiger partial charge in [0.25, 0.3) is 11.5 Å². The predicted octanol–water partition coefficient (Wildman–Crippen LogP) is 0.972. The molecule has 3 aliphatic rings. The van der Waals surface area contributed by atoms with E-state index in [9.17, 15) is 28.7 Å². The molecule has 1 aromatic carbocycles. The number of aromatic nitrogens is 2. The van der Waals surface area contributed by atoms with E-state index in [1.807, 2.05) is 0 Å². The van der Waals surface area contributed by atoms with Gasteiger partial charge in [-0.2, -0.15) is 0 Å². The number of benzene rings is 1. The van der Waals surface area contributed by atoms with E-state index in [-0.39, 0.29) is 30.6 Å². The molecule has 2 N–H and O–H groups in total. The van der Waals surface area contributed by atoms with Gasteiger partial charge >= 0.3 is 11.8 Å². The number of fused-ring (bicyclic) bond motifs is 2. The number of carbonyl (C=O) groups is 3. The van der Waals surface area contributed by atoms with Gasteiger partial charge in [-0.3, -0.25) is 23.7 Å². The summed E-state index contributed by atoms with van der Waals surface area (Å²) in [5.74, 6) is -3.32. The largest absolute Gasteiger partial charge is 0.501 e. The fourth-order valence-corrected chi connectivity index (χ4v) is 5.14. The van der Waals surface area contributed by atoms with Crippen molar-refractivity contribution in [2.75, 3.05) is 28.3 Å². The summed E-state index contributed by atoms with van der Waals surface area (Å²) in [5.41, 5.74) is -1.83. The smallest absolute Gasteiger partial charge is 0.312 e. The molecule has 3 heterocycles. The molecule has 1 fully saturated rings. The molecule has 1 aromatic heterocycles. The highest BCUT2D eigenvalue weighted by molar-refractivity contribution is 6.34. The van der Waals surface area contributed by atoms with E-state index in [1.165, 1.54) is 60.8 Å². The monoisotopic (exact) mass is 515 g/mol. The first-order valence-corrected chi connectivity index (χ1v) is 11.9. The summed E-state index contributed by atoms with van der Waals surface area (Å²) in [6.45, 7) is 0.245. The summed E-state index contributed by atoms with van der Waals surface area (Å²) < 4.78 is 20.0. The molecule has 0 spiro atoms. The van der Waals surface area contributed by atoms with Gasteiger partial charge < -0.3 is 25.0 Å². The summed E-state index contributed by atoms with van der Waals surface area (Å²) in [6, 6.07) is 4.09. The molecule has 12 heteroatoms. The minimum absolute atomic E-state index is 0.00806. The number of carbonyl (C=O) groups excluding carboxylic acids is 3. The van der Waals surface area contributed by atoms with Gasteiger partial charge in [0.15, 0.2) is 17.3 Å². The molecule has 198 valence electrons. The first kappa shape index (κ1) is 26.1. The highest BCUT2D eigenvalue weighted by Gasteiger charge is 2.50. The van der Waals surface area contributed by atoms with Crippen LogP contribution in [0, 0.1) is 11.7 Å². The molecule has 2 bridgehead atoms. The highest BCUT2D eigenvalue weighted by Crippen LogP contribution is 2.46. The Labute approximate surface area is 212 Å². The second-order valence-electron chi connectivity index (χ2n) is 9.74. The maximum Gasteiger partial charge on any atom is 0.312 e. The number of rotatable bonds is 5. The maximum absolute atomic E-state index is 13.7. The van der Waals surface area contributed by atoms with Gasteiger partial charge in [0.1, 0.15) is 11.4 Å². The molecular weight excluding hydrogens is 485 g/mol. The molecule has 0 radical (unpaired) electrons. The number of nitrogens with one attached hydrogen (secondary N) is 1. The fraction of sp³-hybridized carbons (Fsp3) is 0.480. The van der Waals surface area contributed by atoms with Crippen molar-refractivity contribution in [3.05, 3.63) is 51.5 Å². The van der Waals surface area contributed by atoms with Gasteiger partial charge in [0.05, 0.1) is 7.11 Å². The van der Waals surface area contributed by atoms with E-state index in [4.69, 9.17) is 4.74 Å². The second-order valence-corrected chi connectivity index (χ2v) is 9.74. The van der Waals surface area contributed by atoms with Crippen molar-refractivity contribution in [1.82, 2.24) is 24.7 Å². The molecule has 1 saturated carbocycles. The lowest BCUT2D eigenvalue weighted by molar-refractivity contribution is -0.154. The number of amides is 3. The number of hydrogen-bond acceptors (Lipinski definition) is 7. The SMILES string of the molecule is COc1cc(CNC(=O)c2nc3n(c(=O)c2O)CC2CCC3(N(C)C(=O)C(=O)N(C)C)CC2)ccc1F. The van der Waals surface area contributed by atoms with Crippen molar-refractivity contribution in [2.24, 2.45) is 5.92 Å². The zero-order valence-electron chi connectivity index (χ0n) is 21.2. The Morgan fingerprint density at radius 2 is 1.89 bits per heavy atom. The van der Waals surface area contributed by atoms with E-state index in [2.05, 4.69) is 10.3 Å². The van der Waals surface area contributed by atoms with Crippen LogP contribution in [0.1, 0.15) is 47.6 Å². The Hall–Kier alpha value is -3.96. The summed E-state index contributed by atoms with van der Waals surface area (Å²) in [4.78, 5) is 58.8. The molecular formula is C25H30FN5O6. The lowest BCUT2D eigenvalue weighted by atomic mass is 9.76. The minimum Gasteiger partial charge on any atom is -0.501 e. The van der Waals surface area contributed by atoms with Crippen molar-refractivity contribution >= 4 is 17.7 Å². The summed E-state index contributed by atoms with van der Waals surface area (Å²) in [5, 5.41) is 13.2. The first-order chi connectivity index (χ1) is 17.5. The molecule has 0 atom stereocenters. The highest BCUT2D eigenvalue weighted by atomic mass is 19.1. The lowest BCUT2D eigenvalue weighted by Gasteiger charge is -2.43. The van der Waals surface area contributed by atoms with Crippen LogP contribution < -0.4 is 15.6 Å². The van der Waals surface area contributed by atoms with Gasteiger partial charge in [-0.25, -0.2) is 9.37 Å². The van der Waals surface area contributed by atoms with Crippen LogP contribution in [0.25, 0.3) is 0 Å². The number of aromatic hydroxyl groups is 1. The van der Waals surface area contributed by atoms with Gasteiger partial charge in [0, 0.05) is 34.2 Å². The van der Waals surface area contributed by atoms with Crippen molar-refractivity contribution in [2.45, 2.75) is 44.3 Å². The Balaban J connectivity index is 1.72. The Morgan fingerprint density at radius 3 is 2.51 bits per heavy atom. The normalized spacial score (nSPS) is 20.0. The van der Waals surface area contributed by atoms with Crippen LogP contribution in [0.4, 0.5) is 4.39 Å². The van der Waals surface area contributed by atoms with E-state index >= 15 is 0 Å². The topological polar surface area (TPSA) is 134 Å². The molecule has 3 amide bonds. The van der Waals surface area contributed by atoms with E-state index in [1.54, 1.807) is 0 Å². The van der Waals surface area contributed by atoms with Gasteiger partial charge in [0.2, 0.25) is 5.75 Å². The average Bonchev–Trinajstić information content (AvgIpc) is 3.15. The zero-order valence-corrected chi connectivity index (χ0v) is 21.2. The predicted molar refractivity (Wildman–Crippen MR) is 129 cm³/mol. The van der Waals surface area contributed by atoms with Gasteiger partial charge in [-0.15, -0.1) is 0 Å². The molecule has 37 heavy (non-hydrogen) atoms. The number of halogens is 1. The maximum atomic E-state index is 13.7. The van der Waals surface area contributed by atoms with Crippen molar-refractivity contribution in [1.29, 1.82) is 0 Å². The van der Waals surface area contributed by atoms with Crippen LogP contribution in [0.2, 0.25) is 0 Å². The van der Waals surface area contributed by atoms with Gasteiger partial charge in [-0.1, -0.05) is 6.07 Å². The molecule has 2 aliphatic heterocycles. The van der Waals surface area contributed by atoms with Crippen LogP contribution in [0.5, 0.6) is 11.5 Å². The third kappa shape index (κ3) is 4.51. The minimum atomic E-state index is -1.10. The van der Waals surface area contributed by atoms with Crippen molar-refractivity contribution in [3.63, 3.8) is 0 Å². The number of likely N-dealkylation sites (N-methyl/N-ethyl adjacent to an activating group) is 2. The van der Waals surface area contributed by atoms with Crippen LogP contribution in [-0.4, -0.2) is 70.4 Å². The van der Waals surface area contributed by atoms with Crippen molar-refractivity contribution < 1.29 is 28.6 Å². The summed E-state index contributed by atoms with van der Waals surface area (Å²) >= 11 is 0. The summed E-state index contributed by atoms with van der Waals surface area (Å²) in [7, 11) is 5.77. The van der Waals surface area contributed by atoms with Crippen LogP contribution >= 0.6 is 0 Å². The summed E-state index contributed by atoms with van der Waals surface area (Å²) in [6.07, 6.45) is 2.28. The third-order valence-electron chi connectivity index (χ3n) is 7.35. The third-order valence-corrected chi connectivity index (χ3v) is 7.35. The fourth-order valence-electron chi connectivity index (χ4n) is 5.14. The lowest BCUT2D eigenvalue weighted by Crippen LogP contribution is -2.54. The molecule has 1 aliphatic carbocycles. The molecule has 5 rings (SSSR count). The Morgan fingerprint density at radius 1 is 1.22 bits per heavy atom. The molecule has 0 saturated heterocycles. The zero-order chi connectivity index (χ0) is 27.1. The van der Waals surface area contributed by atoms with E-state index < -0.39 is 46.1 Å². The average molecular weight is 516 g/mol. The Bertz CT molecular complexity index is 1320. The van der Waals surface area contributed by atoms with Crippen molar-refractivity contribution in [3.8, 4) is 11.5 Å². The van der Waals surface area contributed by atoms with E-state index in [0.717, 1.165) is 0 Å². The van der Waals surface area contributed by atoms with E-state index in [0.29, 0.717) is 31.2 Å². The van der Waals surface area contributed by atoms with Crippen LogP contribution in [-0.2, 0) is 28.2 Å². The number of ether oxygens (including phenoxy) is 1. The number of methoxy groups -OCH3 is 1. The Kier molecular flexibility index (Phi) is 6.94. The molecule has 0 unspecified atom stereocenters. The molecule has 11 nitrogen and oxygen atoms in total. The first-order valence-electron chi connectivity index (χ1n) is 11.9. The molecule has 2 aromatic rings. The standard InChI is InChI=1S/C25H30FN5O6/c1-29(2)22(35)23(36)30(3)25-9-7-14(8-10-25)13-31-21(34)19(32)18(28-24(25)31)20(33)27-12-15-5-6-16(26)17(11-15)37-4/h5-6,11,14,32H,7-10,12-13H2,1-4H3,(H,27,33). The van der Waals surface area contributed by atoms with Crippen LogP contribution in [0.15, 0.2) is 23.0 Å². The van der Waals surface area contributed by atoms with Gasteiger partial charge in [-0.05, 0) is 49.3 Å². The second kappa shape index (κ2) is 9.83. The number of nitrogens with zero attached hydrogens (tertiary/aromatic N) is 4. The van der Waals surface area contributed by atoms with Crippen LogP contribution in [0.3, 0.4) is 0 Å². The quantitative estimate of drug-likeness (QED) is 0.567.